The molecule has 10 rings (SSSR count). The van der Waals surface area contributed by atoms with Crippen LogP contribution in [0.5, 0.6) is 0 Å². The van der Waals surface area contributed by atoms with Gasteiger partial charge in [-0.05, 0) is 114 Å². The van der Waals surface area contributed by atoms with Gasteiger partial charge in [-0.25, -0.2) is 0 Å². The number of hydrogen-bond acceptors (Lipinski definition) is 1. The SMILES string of the molecule is CC1(C)c2ccccc2-c2c1cc1c(c2-c2ccccc2)-c2ccc(N(c3ccc(-c4ccccc4)cc3)c3cccc(-c4ccccc4)c3)cc2C1(C)C. The van der Waals surface area contributed by atoms with Crippen LogP contribution in [0.1, 0.15) is 49.9 Å². The van der Waals surface area contributed by atoms with Gasteiger partial charge in [-0.1, -0.05) is 179 Å². The van der Waals surface area contributed by atoms with Gasteiger partial charge >= 0.3 is 0 Å². The van der Waals surface area contributed by atoms with Crippen molar-refractivity contribution in [1.82, 2.24) is 0 Å². The number of anilines is 3. The molecular weight excluding hydrogens is 663 g/mol. The molecule has 264 valence electrons. The Balaban J connectivity index is 1.18. The van der Waals surface area contributed by atoms with Crippen LogP contribution in [0.4, 0.5) is 17.1 Å². The Labute approximate surface area is 325 Å². The predicted octanol–water partition coefficient (Wildman–Crippen LogP) is 14.8. The lowest BCUT2D eigenvalue weighted by Gasteiger charge is -2.29. The van der Waals surface area contributed by atoms with Crippen LogP contribution >= 0.6 is 0 Å². The molecule has 0 heterocycles. The van der Waals surface area contributed by atoms with E-state index in [-0.39, 0.29) is 10.8 Å². The molecule has 1 heteroatoms. The molecule has 55 heavy (non-hydrogen) atoms. The molecule has 0 saturated carbocycles. The first-order chi connectivity index (χ1) is 26.8. The van der Waals surface area contributed by atoms with Gasteiger partial charge in [0.1, 0.15) is 0 Å². The Morgan fingerprint density at radius 3 is 1.42 bits per heavy atom. The normalized spacial score (nSPS) is 14.1. The predicted molar refractivity (Wildman–Crippen MR) is 233 cm³/mol. The molecule has 2 aliphatic carbocycles. The van der Waals surface area contributed by atoms with Crippen LogP contribution in [-0.4, -0.2) is 0 Å². The second-order valence-corrected chi connectivity index (χ2v) is 16.2. The van der Waals surface area contributed by atoms with Crippen molar-refractivity contribution in [3.8, 4) is 55.6 Å². The summed E-state index contributed by atoms with van der Waals surface area (Å²) in [6, 6.07) is 69.2. The summed E-state index contributed by atoms with van der Waals surface area (Å²) in [4.78, 5) is 2.43. The van der Waals surface area contributed by atoms with E-state index < -0.39 is 0 Å². The summed E-state index contributed by atoms with van der Waals surface area (Å²) in [7, 11) is 0. The van der Waals surface area contributed by atoms with Gasteiger partial charge in [0.2, 0.25) is 0 Å². The van der Waals surface area contributed by atoms with E-state index in [1.807, 2.05) is 0 Å². The Morgan fingerprint density at radius 1 is 0.291 bits per heavy atom. The molecule has 0 aromatic heterocycles. The zero-order valence-electron chi connectivity index (χ0n) is 31.8. The molecule has 2 aliphatic rings. The molecule has 0 amide bonds. The van der Waals surface area contributed by atoms with Crippen molar-refractivity contribution in [3.05, 3.63) is 210 Å². The number of rotatable bonds is 6. The van der Waals surface area contributed by atoms with Gasteiger partial charge in [-0.3, -0.25) is 0 Å². The third-order valence-corrected chi connectivity index (χ3v) is 12.3. The van der Waals surface area contributed by atoms with E-state index in [2.05, 4.69) is 221 Å². The van der Waals surface area contributed by atoms with E-state index in [0.717, 1.165) is 17.1 Å². The third kappa shape index (κ3) is 5.22. The quantitative estimate of drug-likeness (QED) is 0.166. The number of benzene rings is 8. The second kappa shape index (κ2) is 12.6. The van der Waals surface area contributed by atoms with Crippen molar-refractivity contribution < 1.29 is 0 Å². The van der Waals surface area contributed by atoms with E-state index in [1.54, 1.807) is 0 Å². The maximum Gasteiger partial charge on any atom is 0.0467 e. The third-order valence-electron chi connectivity index (χ3n) is 12.3. The maximum absolute atomic E-state index is 2.56. The molecule has 8 aromatic carbocycles. The first-order valence-electron chi connectivity index (χ1n) is 19.4. The molecule has 0 radical (unpaired) electrons. The van der Waals surface area contributed by atoms with Crippen LogP contribution in [0, 0.1) is 0 Å². The highest BCUT2D eigenvalue weighted by atomic mass is 15.1. The minimum Gasteiger partial charge on any atom is -0.310 e. The van der Waals surface area contributed by atoms with Crippen LogP contribution in [0.25, 0.3) is 55.6 Å². The van der Waals surface area contributed by atoms with Crippen LogP contribution in [-0.2, 0) is 10.8 Å². The average Bonchev–Trinajstić information content (AvgIpc) is 3.60. The van der Waals surface area contributed by atoms with Gasteiger partial charge in [-0.2, -0.15) is 0 Å². The van der Waals surface area contributed by atoms with E-state index in [1.165, 1.54) is 77.9 Å². The van der Waals surface area contributed by atoms with Gasteiger partial charge in [-0.15, -0.1) is 0 Å². The summed E-state index contributed by atoms with van der Waals surface area (Å²) >= 11 is 0. The standard InChI is InChI=1S/C54H43N/c1-53(2)46-26-15-14-25-44(46)51-48(53)35-49-52(50(51)39-21-12-7-13-22-39)45-32-31-43(34-47(45)54(49,3)4)55(41-29-27-38(28-30-41)36-17-8-5-9-18-36)42-24-16-23-40(33-42)37-19-10-6-11-20-37/h5-35H,1-4H3. The Morgan fingerprint density at radius 2 is 0.764 bits per heavy atom. The van der Waals surface area contributed by atoms with Gasteiger partial charge in [0, 0.05) is 27.9 Å². The van der Waals surface area contributed by atoms with Crippen molar-refractivity contribution in [2.75, 3.05) is 4.90 Å². The summed E-state index contributed by atoms with van der Waals surface area (Å²) in [5.74, 6) is 0. The zero-order valence-corrected chi connectivity index (χ0v) is 31.8. The number of nitrogens with zero attached hydrogens (tertiary/aromatic N) is 1. The summed E-state index contributed by atoms with van der Waals surface area (Å²) < 4.78 is 0. The lowest BCUT2D eigenvalue weighted by molar-refractivity contribution is 0.639. The molecule has 0 bridgehead atoms. The molecule has 8 aromatic rings. The first-order valence-corrected chi connectivity index (χ1v) is 19.4. The van der Waals surface area contributed by atoms with Gasteiger partial charge in [0.15, 0.2) is 0 Å². The summed E-state index contributed by atoms with van der Waals surface area (Å²) in [5, 5.41) is 0. The van der Waals surface area contributed by atoms with Gasteiger partial charge in [0.05, 0.1) is 0 Å². The molecule has 0 saturated heterocycles. The van der Waals surface area contributed by atoms with E-state index in [4.69, 9.17) is 0 Å². The van der Waals surface area contributed by atoms with E-state index in [9.17, 15) is 0 Å². The zero-order chi connectivity index (χ0) is 37.3. The van der Waals surface area contributed by atoms with Crippen LogP contribution in [0.3, 0.4) is 0 Å². The molecule has 0 atom stereocenters. The largest absolute Gasteiger partial charge is 0.310 e. The molecule has 0 unspecified atom stereocenters. The molecule has 0 fully saturated rings. The smallest absolute Gasteiger partial charge is 0.0467 e. The minimum absolute atomic E-state index is 0.104. The summed E-state index contributed by atoms with van der Waals surface area (Å²) in [6.07, 6.45) is 0. The van der Waals surface area contributed by atoms with Crippen molar-refractivity contribution in [1.29, 1.82) is 0 Å². The monoisotopic (exact) mass is 705 g/mol. The summed E-state index contributed by atoms with van der Waals surface area (Å²) in [5.41, 5.74) is 21.6. The average molecular weight is 706 g/mol. The highest BCUT2D eigenvalue weighted by Crippen LogP contribution is 2.61. The highest BCUT2D eigenvalue weighted by Gasteiger charge is 2.44. The van der Waals surface area contributed by atoms with Gasteiger partial charge < -0.3 is 4.90 Å². The van der Waals surface area contributed by atoms with Crippen molar-refractivity contribution in [2.24, 2.45) is 0 Å². The minimum atomic E-state index is -0.223. The Hall–Kier alpha value is -6.44. The van der Waals surface area contributed by atoms with Gasteiger partial charge in [0.25, 0.3) is 0 Å². The molecule has 0 aliphatic heterocycles. The van der Waals surface area contributed by atoms with Crippen molar-refractivity contribution >= 4 is 17.1 Å². The lowest BCUT2D eigenvalue weighted by atomic mass is 9.76. The Kier molecular flexibility index (Phi) is 7.58. The number of hydrogen-bond donors (Lipinski definition) is 0. The van der Waals surface area contributed by atoms with Crippen LogP contribution < -0.4 is 4.90 Å². The second-order valence-electron chi connectivity index (χ2n) is 16.2. The van der Waals surface area contributed by atoms with E-state index >= 15 is 0 Å². The van der Waals surface area contributed by atoms with E-state index in [0.29, 0.717) is 0 Å². The Bertz CT molecular complexity index is 2720. The molecule has 0 N–H and O–H groups in total. The lowest BCUT2D eigenvalue weighted by Crippen LogP contribution is -2.19. The topological polar surface area (TPSA) is 3.24 Å². The van der Waals surface area contributed by atoms with Crippen LogP contribution in [0.2, 0.25) is 0 Å². The molecular formula is C54H43N. The van der Waals surface area contributed by atoms with Crippen LogP contribution in [0.15, 0.2) is 188 Å². The molecule has 0 spiro atoms. The fourth-order valence-corrected chi connectivity index (χ4v) is 9.40. The number of fused-ring (bicyclic) bond motifs is 6. The van der Waals surface area contributed by atoms with Crippen molar-refractivity contribution in [2.45, 2.75) is 38.5 Å². The maximum atomic E-state index is 2.56. The highest BCUT2D eigenvalue weighted by molar-refractivity contribution is 6.04. The fourth-order valence-electron chi connectivity index (χ4n) is 9.40. The first kappa shape index (κ1) is 33.2. The fraction of sp³-hybridized carbons (Fsp3) is 0.111. The molecule has 1 nitrogen and oxygen atoms in total. The van der Waals surface area contributed by atoms with Crippen molar-refractivity contribution in [3.63, 3.8) is 0 Å². The summed E-state index contributed by atoms with van der Waals surface area (Å²) in [6.45, 7) is 9.65.